The average Bonchev–Trinajstić information content (AvgIpc) is 3.04. The van der Waals surface area contributed by atoms with Crippen LogP contribution in [-0.4, -0.2) is 26.4 Å². The normalized spacial score (nSPS) is 11.0. The fourth-order valence-corrected chi connectivity index (χ4v) is 2.21. The van der Waals surface area contributed by atoms with Crippen molar-refractivity contribution < 1.29 is 0 Å². The van der Waals surface area contributed by atoms with Crippen LogP contribution >= 0.6 is 23.2 Å². The second-order valence-electron chi connectivity index (χ2n) is 4.60. The molecule has 0 atom stereocenters. The first kappa shape index (κ1) is 15.5. The Morgan fingerprint density at radius 2 is 1.91 bits per heavy atom. The first-order chi connectivity index (χ1) is 11.2. The standard InChI is InChI=1S/C15H12Cl2N6/c16-13-7-6-11(10-14(13)17)19-18-9-8-15-20-21-22-23(15)12-4-2-1-3-5-12/h1-7,9-10,19H,8H2. The molecule has 0 aliphatic heterocycles. The maximum Gasteiger partial charge on any atom is 0.162 e. The number of aromatic nitrogens is 4. The smallest absolute Gasteiger partial charge is 0.162 e. The van der Waals surface area contributed by atoms with Gasteiger partial charge in [0.05, 0.1) is 21.4 Å². The first-order valence-corrected chi connectivity index (χ1v) is 7.55. The molecule has 116 valence electrons. The highest BCUT2D eigenvalue weighted by Crippen LogP contribution is 2.24. The van der Waals surface area contributed by atoms with Crippen molar-refractivity contribution in [3.8, 4) is 5.69 Å². The number of rotatable bonds is 5. The van der Waals surface area contributed by atoms with Crippen LogP contribution in [0, 0.1) is 0 Å². The quantitative estimate of drug-likeness (QED) is 0.566. The Morgan fingerprint density at radius 3 is 2.70 bits per heavy atom. The number of halogens is 2. The summed E-state index contributed by atoms with van der Waals surface area (Å²) in [5.74, 6) is 0.691. The highest BCUT2D eigenvalue weighted by molar-refractivity contribution is 6.42. The predicted octanol–water partition coefficient (Wildman–Crippen LogP) is 3.61. The van der Waals surface area contributed by atoms with Crippen molar-refractivity contribution in [2.45, 2.75) is 6.42 Å². The Hall–Kier alpha value is -2.44. The summed E-state index contributed by atoms with van der Waals surface area (Å²) in [6.07, 6.45) is 2.17. The number of tetrazole rings is 1. The van der Waals surface area contributed by atoms with Crippen LogP contribution < -0.4 is 5.43 Å². The lowest BCUT2D eigenvalue weighted by atomic mass is 10.3. The molecule has 1 N–H and O–H groups in total. The first-order valence-electron chi connectivity index (χ1n) is 6.79. The molecule has 0 bridgehead atoms. The van der Waals surface area contributed by atoms with Crippen LogP contribution in [0.2, 0.25) is 10.0 Å². The molecule has 2 aromatic carbocycles. The van der Waals surface area contributed by atoms with Gasteiger partial charge in [0.1, 0.15) is 0 Å². The Morgan fingerprint density at radius 1 is 1.09 bits per heavy atom. The number of nitrogens with one attached hydrogen (secondary N) is 1. The van der Waals surface area contributed by atoms with Gasteiger partial charge in [-0.1, -0.05) is 41.4 Å². The van der Waals surface area contributed by atoms with Crippen LogP contribution in [0.25, 0.3) is 5.69 Å². The lowest BCUT2D eigenvalue weighted by Gasteiger charge is -2.03. The minimum atomic E-state index is 0.472. The second-order valence-corrected chi connectivity index (χ2v) is 5.41. The zero-order valence-electron chi connectivity index (χ0n) is 11.9. The van der Waals surface area contributed by atoms with Crippen LogP contribution in [-0.2, 0) is 6.42 Å². The molecule has 0 fully saturated rings. The molecule has 3 rings (SSSR count). The van der Waals surface area contributed by atoms with Crippen molar-refractivity contribution in [2.24, 2.45) is 5.10 Å². The molecule has 0 saturated heterocycles. The van der Waals surface area contributed by atoms with E-state index in [1.54, 1.807) is 29.1 Å². The highest BCUT2D eigenvalue weighted by atomic mass is 35.5. The van der Waals surface area contributed by atoms with Crippen LogP contribution in [0.15, 0.2) is 53.6 Å². The van der Waals surface area contributed by atoms with Crippen LogP contribution in [0.4, 0.5) is 5.69 Å². The maximum atomic E-state index is 5.94. The molecule has 6 nitrogen and oxygen atoms in total. The number of nitrogens with zero attached hydrogens (tertiary/aromatic N) is 5. The largest absolute Gasteiger partial charge is 0.279 e. The van der Waals surface area contributed by atoms with Gasteiger partial charge in [0.25, 0.3) is 0 Å². The van der Waals surface area contributed by atoms with E-state index in [9.17, 15) is 0 Å². The van der Waals surface area contributed by atoms with Gasteiger partial charge in [0.15, 0.2) is 5.82 Å². The third-order valence-electron chi connectivity index (χ3n) is 3.01. The zero-order valence-corrected chi connectivity index (χ0v) is 13.4. The number of benzene rings is 2. The van der Waals surface area contributed by atoms with E-state index in [4.69, 9.17) is 23.2 Å². The second kappa shape index (κ2) is 7.21. The lowest BCUT2D eigenvalue weighted by Crippen LogP contribution is -2.04. The molecular formula is C15H12Cl2N6. The van der Waals surface area contributed by atoms with E-state index in [2.05, 4.69) is 26.1 Å². The van der Waals surface area contributed by atoms with Gasteiger partial charge in [-0.25, -0.2) is 0 Å². The van der Waals surface area contributed by atoms with Gasteiger partial charge < -0.3 is 0 Å². The SMILES string of the molecule is Clc1ccc(NN=CCc2nnnn2-c2ccccc2)cc1Cl. The molecule has 0 saturated carbocycles. The van der Waals surface area contributed by atoms with Crippen molar-refractivity contribution in [3.63, 3.8) is 0 Å². The molecule has 0 amide bonds. The summed E-state index contributed by atoms with van der Waals surface area (Å²) < 4.78 is 1.67. The zero-order chi connectivity index (χ0) is 16.1. The number of hydrogen-bond donors (Lipinski definition) is 1. The molecule has 8 heteroatoms. The third kappa shape index (κ3) is 3.85. The molecule has 0 spiro atoms. The number of hydrazone groups is 1. The van der Waals surface area contributed by atoms with Crippen molar-refractivity contribution in [2.75, 3.05) is 5.43 Å². The number of para-hydroxylation sites is 1. The van der Waals surface area contributed by atoms with Gasteiger partial charge >= 0.3 is 0 Å². The van der Waals surface area contributed by atoms with Gasteiger partial charge in [-0.3, -0.25) is 5.43 Å². The summed E-state index contributed by atoms with van der Waals surface area (Å²) >= 11 is 11.8. The molecular weight excluding hydrogens is 335 g/mol. The topological polar surface area (TPSA) is 68.0 Å². The van der Waals surface area contributed by atoms with E-state index in [0.29, 0.717) is 22.3 Å². The average molecular weight is 347 g/mol. The maximum absolute atomic E-state index is 5.94. The molecule has 0 unspecified atom stereocenters. The molecule has 1 aromatic heterocycles. The Kier molecular flexibility index (Phi) is 4.85. The van der Waals surface area contributed by atoms with Gasteiger partial charge in [0.2, 0.25) is 0 Å². The van der Waals surface area contributed by atoms with Gasteiger partial charge in [-0.05, 0) is 40.8 Å². The van der Waals surface area contributed by atoms with Gasteiger partial charge in [0, 0.05) is 12.6 Å². The van der Waals surface area contributed by atoms with E-state index in [-0.39, 0.29) is 0 Å². The summed E-state index contributed by atoms with van der Waals surface area (Å²) in [5.41, 5.74) is 4.53. The Balaban J connectivity index is 1.65. The van der Waals surface area contributed by atoms with Crippen LogP contribution in [0.5, 0.6) is 0 Å². The summed E-state index contributed by atoms with van der Waals surface area (Å²) in [6, 6.07) is 14.9. The monoisotopic (exact) mass is 346 g/mol. The highest BCUT2D eigenvalue weighted by Gasteiger charge is 2.06. The fourth-order valence-electron chi connectivity index (χ4n) is 1.92. The Bertz CT molecular complexity index is 816. The molecule has 0 aliphatic carbocycles. The van der Waals surface area contributed by atoms with E-state index in [1.807, 2.05) is 30.3 Å². The lowest BCUT2D eigenvalue weighted by molar-refractivity contribution is 0.776. The van der Waals surface area contributed by atoms with Gasteiger partial charge in [-0.15, -0.1) is 5.10 Å². The fraction of sp³-hybridized carbons (Fsp3) is 0.0667. The van der Waals surface area contributed by atoms with Crippen LogP contribution in [0.3, 0.4) is 0 Å². The molecule has 3 aromatic rings. The minimum absolute atomic E-state index is 0.472. The third-order valence-corrected chi connectivity index (χ3v) is 3.75. The molecule has 0 radical (unpaired) electrons. The van der Waals surface area contributed by atoms with Crippen molar-refractivity contribution in [3.05, 3.63) is 64.4 Å². The Labute approximate surface area is 142 Å². The van der Waals surface area contributed by atoms with Crippen LogP contribution in [0.1, 0.15) is 5.82 Å². The van der Waals surface area contributed by atoms with Crippen molar-refractivity contribution in [1.82, 2.24) is 20.2 Å². The van der Waals surface area contributed by atoms with Gasteiger partial charge in [-0.2, -0.15) is 9.78 Å². The summed E-state index contributed by atoms with van der Waals surface area (Å²) in [7, 11) is 0. The van der Waals surface area contributed by atoms with E-state index >= 15 is 0 Å². The van der Waals surface area contributed by atoms with Crippen molar-refractivity contribution >= 4 is 35.1 Å². The number of hydrogen-bond acceptors (Lipinski definition) is 5. The van der Waals surface area contributed by atoms with E-state index in [1.165, 1.54) is 0 Å². The van der Waals surface area contributed by atoms with E-state index < -0.39 is 0 Å². The predicted molar refractivity (Wildman–Crippen MR) is 91.4 cm³/mol. The summed E-state index contributed by atoms with van der Waals surface area (Å²) in [5, 5.41) is 16.8. The molecule has 23 heavy (non-hydrogen) atoms. The number of anilines is 1. The molecule has 1 heterocycles. The minimum Gasteiger partial charge on any atom is -0.279 e. The van der Waals surface area contributed by atoms with Crippen molar-refractivity contribution in [1.29, 1.82) is 0 Å². The summed E-state index contributed by atoms with van der Waals surface area (Å²) in [6.45, 7) is 0. The molecule has 0 aliphatic rings. The van der Waals surface area contributed by atoms with E-state index in [0.717, 1.165) is 11.4 Å². The summed E-state index contributed by atoms with van der Waals surface area (Å²) in [4.78, 5) is 0.